The summed E-state index contributed by atoms with van der Waals surface area (Å²) in [5.74, 6) is 0. The Balaban J connectivity index is 3.22. The third-order valence-corrected chi connectivity index (χ3v) is 1.29. The van der Waals surface area contributed by atoms with E-state index >= 15 is 0 Å². The second-order valence-electron chi connectivity index (χ2n) is 2.14. The topological polar surface area (TPSA) is 65.1 Å². The molecule has 1 aromatic heterocycles. The summed E-state index contributed by atoms with van der Waals surface area (Å²) in [5, 5.41) is 10.2. The Kier molecular flexibility index (Phi) is 1.72. The predicted octanol–water partition coefficient (Wildman–Crippen LogP) is 0.746. The van der Waals surface area contributed by atoms with Crippen LogP contribution in [0.5, 0.6) is 0 Å². The van der Waals surface area contributed by atoms with Crippen molar-refractivity contribution < 1.29 is 9.72 Å². The molecule has 11 heavy (non-hydrogen) atoms. The van der Waals surface area contributed by atoms with E-state index in [4.69, 9.17) is 0 Å². The van der Waals surface area contributed by atoms with Crippen LogP contribution in [0.25, 0.3) is 0 Å². The maximum Gasteiger partial charge on any atom is 0.297 e. The lowest BCUT2D eigenvalue weighted by atomic mass is 10.3. The number of hydrogen-bond acceptors (Lipinski definition) is 3. The van der Waals surface area contributed by atoms with E-state index in [9.17, 15) is 14.9 Å². The van der Waals surface area contributed by atoms with Gasteiger partial charge in [-0.2, -0.15) is 0 Å². The van der Waals surface area contributed by atoms with E-state index in [1.165, 1.54) is 17.0 Å². The van der Waals surface area contributed by atoms with Crippen molar-refractivity contribution in [2.45, 2.75) is 0 Å². The molecule has 1 rings (SSSR count). The second-order valence-corrected chi connectivity index (χ2v) is 2.14. The molecule has 0 N–H and O–H groups in total. The molecule has 0 amide bonds. The predicted molar refractivity (Wildman–Crippen MR) is 37.5 cm³/mol. The van der Waals surface area contributed by atoms with E-state index in [1.54, 1.807) is 7.05 Å². The highest BCUT2D eigenvalue weighted by atomic mass is 16.6. The third-order valence-electron chi connectivity index (χ3n) is 1.29. The van der Waals surface area contributed by atoms with Crippen LogP contribution in [-0.2, 0) is 7.05 Å². The third kappa shape index (κ3) is 1.26. The van der Waals surface area contributed by atoms with Crippen LogP contribution in [0.4, 0.5) is 5.69 Å². The van der Waals surface area contributed by atoms with Crippen molar-refractivity contribution in [2.75, 3.05) is 0 Å². The van der Waals surface area contributed by atoms with Crippen LogP contribution in [0, 0.1) is 10.1 Å². The van der Waals surface area contributed by atoms with Gasteiger partial charge in [-0.3, -0.25) is 14.9 Å². The fraction of sp³-hybridized carbons (Fsp3) is 0.167. The molecule has 0 aromatic carbocycles. The molecule has 0 unspecified atom stereocenters. The zero-order valence-corrected chi connectivity index (χ0v) is 5.85. The van der Waals surface area contributed by atoms with Gasteiger partial charge in [0.05, 0.1) is 11.1 Å². The Labute approximate surface area is 62.4 Å². The van der Waals surface area contributed by atoms with Gasteiger partial charge in [0, 0.05) is 13.2 Å². The summed E-state index contributed by atoms with van der Waals surface area (Å²) in [6.45, 7) is 0. The Morgan fingerprint density at radius 1 is 1.64 bits per heavy atom. The molecule has 0 aliphatic rings. The first-order chi connectivity index (χ1) is 5.15. The minimum atomic E-state index is -0.580. The molecular formula is C6H6N2O3. The highest BCUT2D eigenvalue weighted by Gasteiger charge is 2.14. The summed E-state index contributed by atoms with van der Waals surface area (Å²) in [5.41, 5.74) is -0.0417. The fourth-order valence-corrected chi connectivity index (χ4v) is 0.834. The summed E-state index contributed by atoms with van der Waals surface area (Å²) < 4.78 is 1.47. The quantitative estimate of drug-likeness (QED) is 0.358. The first-order valence-corrected chi connectivity index (χ1v) is 2.90. The number of carbonyl (C=O) groups excluding carboxylic acids is 1. The van der Waals surface area contributed by atoms with E-state index in [0.29, 0.717) is 6.29 Å². The van der Waals surface area contributed by atoms with Crippen molar-refractivity contribution in [3.8, 4) is 0 Å². The van der Waals surface area contributed by atoms with Gasteiger partial charge in [0.15, 0.2) is 6.29 Å². The molecule has 5 nitrogen and oxygen atoms in total. The van der Waals surface area contributed by atoms with Gasteiger partial charge in [-0.1, -0.05) is 0 Å². The summed E-state index contributed by atoms with van der Waals surface area (Å²) in [6.07, 6.45) is 3.17. The molecule has 0 saturated heterocycles. The summed E-state index contributed by atoms with van der Waals surface area (Å²) in [7, 11) is 1.62. The van der Waals surface area contributed by atoms with Gasteiger partial charge in [-0.15, -0.1) is 0 Å². The van der Waals surface area contributed by atoms with Crippen LogP contribution < -0.4 is 0 Å². The Bertz CT molecular complexity index is 303. The Morgan fingerprint density at radius 3 is 2.64 bits per heavy atom. The molecule has 58 valence electrons. The van der Waals surface area contributed by atoms with Gasteiger partial charge in [-0.25, -0.2) is 0 Å². The lowest BCUT2D eigenvalue weighted by Crippen LogP contribution is -1.88. The molecular weight excluding hydrogens is 148 g/mol. The number of hydrogen-bond donors (Lipinski definition) is 0. The van der Waals surface area contributed by atoms with Crippen LogP contribution in [0.1, 0.15) is 10.4 Å². The van der Waals surface area contributed by atoms with E-state index < -0.39 is 4.92 Å². The minimum absolute atomic E-state index is 0.109. The highest BCUT2D eigenvalue weighted by molar-refractivity contribution is 5.80. The first kappa shape index (κ1) is 7.46. The van der Waals surface area contributed by atoms with Crippen LogP contribution >= 0.6 is 0 Å². The number of aryl methyl sites for hydroxylation is 1. The van der Waals surface area contributed by atoms with Gasteiger partial charge in [0.2, 0.25) is 0 Å². The van der Waals surface area contributed by atoms with E-state index in [-0.39, 0.29) is 11.3 Å². The van der Waals surface area contributed by atoms with E-state index in [1.807, 2.05) is 0 Å². The lowest BCUT2D eigenvalue weighted by Gasteiger charge is -1.83. The minimum Gasteiger partial charge on any atom is -0.350 e. The highest BCUT2D eigenvalue weighted by Crippen LogP contribution is 2.15. The van der Waals surface area contributed by atoms with Crippen molar-refractivity contribution >= 4 is 12.0 Å². The summed E-state index contributed by atoms with van der Waals surface area (Å²) in [6, 6.07) is 0. The van der Waals surface area contributed by atoms with Crippen LogP contribution in [0.3, 0.4) is 0 Å². The average Bonchev–Trinajstić information content (AvgIpc) is 2.30. The largest absolute Gasteiger partial charge is 0.350 e. The van der Waals surface area contributed by atoms with Crippen LogP contribution in [-0.4, -0.2) is 15.8 Å². The number of rotatable bonds is 2. The van der Waals surface area contributed by atoms with Crippen LogP contribution in [0.2, 0.25) is 0 Å². The maximum atomic E-state index is 10.2. The smallest absolute Gasteiger partial charge is 0.297 e. The molecule has 1 aromatic rings. The lowest BCUT2D eigenvalue weighted by molar-refractivity contribution is -0.385. The molecule has 0 atom stereocenters. The molecule has 0 radical (unpaired) electrons. The molecule has 0 saturated carbocycles. The number of aromatic nitrogens is 1. The van der Waals surface area contributed by atoms with Crippen molar-refractivity contribution in [3.63, 3.8) is 0 Å². The standard InChI is InChI=1S/C6H6N2O3/c1-7-2-5(4-9)6(3-7)8(10)11/h2-4H,1H3. The van der Waals surface area contributed by atoms with Gasteiger partial charge < -0.3 is 4.57 Å². The number of aldehydes is 1. The Hall–Kier alpha value is -1.65. The fourth-order valence-electron chi connectivity index (χ4n) is 0.834. The zero-order valence-electron chi connectivity index (χ0n) is 5.85. The van der Waals surface area contributed by atoms with Crippen molar-refractivity contribution in [1.29, 1.82) is 0 Å². The monoisotopic (exact) mass is 154 g/mol. The molecule has 0 aliphatic heterocycles. The number of nitro groups is 1. The van der Waals surface area contributed by atoms with E-state index in [0.717, 1.165) is 0 Å². The molecule has 0 spiro atoms. The van der Waals surface area contributed by atoms with Gasteiger partial charge >= 0.3 is 0 Å². The zero-order chi connectivity index (χ0) is 8.43. The number of nitrogens with zero attached hydrogens (tertiary/aromatic N) is 2. The summed E-state index contributed by atoms with van der Waals surface area (Å²) in [4.78, 5) is 19.9. The normalized spacial score (nSPS) is 9.55. The molecule has 0 aliphatic carbocycles. The van der Waals surface area contributed by atoms with Gasteiger partial charge in [-0.05, 0) is 0 Å². The van der Waals surface area contributed by atoms with E-state index in [2.05, 4.69) is 0 Å². The van der Waals surface area contributed by atoms with Gasteiger partial charge in [0.25, 0.3) is 5.69 Å². The van der Waals surface area contributed by atoms with Crippen molar-refractivity contribution in [1.82, 2.24) is 4.57 Å². The van der Waals surface area contributed by atoms with Crippen molar-refractivity contribution in [3.05, 3.63) is 28.1 Å². The average molecular weight is 154 g/mol. The molecule has 0 bridgehead atoms. The molecule has 0 fully saturated rings. The maximum absolute atomic E-state index is 10.2. The summed E-state index contributed by atoms with van der Waals surface area (Å²) >= 11 is 0. The number of carbonyl (C=O) groups is 1. The Morgan fingerprint density at radius 2 is 2.27 bits per heavy atom. The second kappa shape index (κ2) is 2.53. The molecule has 5 heteroatoms. The SMILES string of the molecule is Cn1cc(C=O)c([N+](=O)[O-])c1. The van der Waals surface area contributed by atoms with Crippen molar-refractivity contribution in [2.24, 2.45) is 7.05 Å². The van der Waals surface area contributed by atoms with Crippen LogP contribution in [0.15, 0.2) is 12.4 Å². The molecule has 1 heterocycles. The van der Waals surface area contributed by atoms with Gasteiger partial charge in [0.1, 0.15) is 5.56 Å². The first-order valence-electron chi connectivity index (χ1n) is 2.90.